The Labute approximate surface area is 125 Å². The highest BCUT2D eigenvalue weighted by Crippen LogP contribution is 2.36. The molecule has 1 aromatic carbocycles. The molecule has 2 saturated heterocycles. The summed E-state index contributed by atoms with van der Waals surface area (Å²) in [5.41, 5.74) is 1.08. The molecular weight excluding hydrogens is 269 g/mol. The van der Waals surface area contributed by atoms with E-state index in [0.717, 1.165) is 11.2 Å². The molecule has 2 aliphatic heterocycles. The molecule has 0 N–H and O–H groups in total. The van der Waals surface area contributed by atoms with Crippen molar-refractivity contribution in [2.24, 2.45) is 0 Å². The Kier molecular flexibility index (Phi) is 3.26. The lowest BCUT2D eigenvalue weighted by molar-refractivity contribution is 0.00578. The lowest BCUT2D eigenvalue weighted by atomic mass is 9.79. The van der Waals surface area contributed by atoms with Gasteiger partial charge in [0.2, 0.25) is 0 Å². The summed E-state index contributed by atoms with van der Waals surface area (Å²) >= 11 is 0. The van der Waals surface area contributed by atoms with Crippen molar-refractivity contribution < 1.29 is 18.8 Å². The number of hydrogen-bond donors (Lipinski definition) is 0. The van der Waals surface area contributed by atoms with Gasteiger partial charge >= 0.3 is 13.2 Å². The van der Waals surface area contributed by atoms with Crippen LogP contribution in [0.1, 0.15) is 27.7 Å². The molecule has 21 heavy (non-hydrogen) atoms. The largest absolute Gasteiger partial charge is 0.494 e. The Balaban J connectivity index is 1.78. The summed E-state index contributed by atoms with van der Waals surface area (Å²) in [5.74, 6) is 0. The van der Waals surface area contributed by atoms with Crippen LogP contribution in [0.2, 0.25) is 0 Å². The first-order valence-corrected chi connectivity index (χ1v) is 7.20. The van der Waals surface area contributed by atoms with Gasteiger partial charge in [-0.25, -0.2) is 4.79 Å². The van der Waals surface area contributed by atoms with E-state index in [9.17, 15) is 4.79 Å². The van der Waals surface area contributed by atoms with Gasteiger partial charge in [0.1, 0.15) is 6.61 Å². The van der Waals surface area contributed by atoms with E-state index >= 15 is 0 Å². The van der Waals surface area contributed by atoms with Gasteiger partial charge in [-0.1, -0.05) is 12.1 Å². The maximum absolute atomic E-state index is 11.5. The highest BCUT2D eigenvalue weighted by molar-refractivity contribution is 6.62. The van der Waals surface area contributed by atoms with Crippen LogP contribution in [0.25, 0.3) is 0 Å². The van der Waals surface area contributed by atoms with Gasteiger partial charge in [-0.3, -0.25) is 4.90 Å². The van der Waals surface area contributed by atoms with Crippen LogP contribution >= 0.6 is 0 Å². The molecule has 0 atom stereocenters. The number of cyclic esters (lactones) is 1. The molecule has 0 aliphatic carbocycles. The molecule has 1 aromatic rings. The third-order valence-corrected chi connectivity index (χ3v) is 4.49. The number of benzene rings is 1. The molecule has 112 valence electrons. The Hall–Kier alpha value is -1.53. The molecule has 2 aliphatic rings. The second kappa shape index (κ2) is 4.75. The summed E-state index contributed by atoms with van der Waals surface area (Å²) in [6.45, 7) is 9.15. The van der Waals surface area contributed by atoms with E-state index in [2.05, 4.69) is 0 Å². The summed E-state index contributed by atoms with van der Waals surface area (Å²) in [7, 11) is -0.380. The maximum Gasteiger partial charge on any atom is 0.494 e. The number of ether oxygens (including phenoxy) is 1. The van der Waals surface area contributed by atoms with Crippen molar-refractivity contribution in [1.82, 2.24) is 0 Å². The maximum atomic E-state index is 11.5. The molecule has 6 heteroatoms. The quantitative estimate of drug-likeness (QED) is 0.781. The van der Waals surface area contributed by atoms with Crippen molar-refractivity contribution in [3.8, 4) is 0 Å². The number of rotatable bonds is 2. The SMILES string of the molecule is CC1(C)OB(c2ccc(N3CCOC3=O)cc2)OC1(C)C. The molecule has 0 unspecified atom stereocenters. The molecular formula is C15H20BNO4. The Bertz CT molecular complexity index is 539. The highest BCUT2D eigenvalue weighted by Gasteiger charge is 2.51. The minimum absolute atomic E-state index is 0.293. The van der Waals surface area contributed by atoms with Crippen LogP contribution in [0.3, 0.4) is 0 Å². The van der Waals surface area contributed by atoms with E-state index in [0.29, 0.717) is 13.2 Å². The summed E-state index contributed by atoms with van der Waals surface area (Å²) in [5, 5.41) is 0. The fourth-order valence-corrected chi connectivity index (χ4v) is 2.42. The van der Waals surface area contributed by atoms with Crippen molar-refractivity contribution in [2.45, 2.75) is 38.9 Å². The minimum atomic E-state index is -0.380. The molecule has 5 nitrogen and oxygen atoms in total. The van der Waals surface area contributed by atoms with Crippen molar-refractivity contribution in [2.75, 3.05) is 18.1 Å². The van der Waals surface area contributed by atoms with Gasteiger partial charge in [-0.2, -0.15) is 0 Å². The van der Waals surface area contributed by atoms with Gasteiger partial charge in [0.05, 0.1) is 17.7 Å². The second-order valence-corrected chi connectivity index (χ2v) is 6.45. The van der Waals surface area contributed by atoms with Crippen LogP contribution in [-0.4, -0.2) is 37.6 Å². The van der Waals surface area contributed by atoms with Crippen molar-refractivity contribution in [3.63, 3.8) is 0 Å². The van der Waals surface area contributed by atoms with E-state index in [1.807, 2.05) is 52.0 Å². The number of nitrogens with zero attached hydrogens (tertiary/aromatic N) is 1. The van der Waals surface area contributed by atoms with Gasteiger partial charge in [-0.05, 0) is 45.3 Å². The summed E-state index contributed by atoms with van der Waals surface area (Å²) < 4.78 is 17.0. The predicted molar refractivity (Wildman–Crippen MR) is 80.9 cm³/mol. The van der Waals surface area contributed by atoms with Crippen LogP contribution in [0.4, 0.5) is 10.5 Å². The topological polar surface area (TPSA) is 48.0 Å². The van der Waals surface area contributed by atoms with Gasteiger partial charge < -0.3 is 14.0 Å². The Morgan fingerprint density at radius 1 is 1.05 bits per heavy atom. The summed E-state index contributed by atoms with van der Waals surface area (Å²) in [4.78, 5) is 13.2. The first kappa shape index (κ1) is 14.4. The fourth-order valence-electron chi connectivity index (χ4n) is 2.42. The minimum Gasteiger partial charge on any atom is -0.447 e. The zero-order valence-corrected chi connectivity index (χ0v) is 12.9. The van der Waals surface area contributed by atoms with E-state index in [1.54, 1.807) is 4.90 Å². The van der Waals surface area contributed by atoms with Crippen LogP contribution in [0.5, 0.6) is 0 Å². The Morgan fingerprint density at radius 3 is 2.10 bits per heavy atom. The standard InChI is InChI=1S/C15H20BNO4/c1-14(2)15(3,4)21-16(20-14)11-5-7-12(8-6-11)17-9-10-19-13(17)18/h5-8H,9-10H2,1-4H3. The smallest absolute Gasteiger partial charge is 0.447 e. The number of carbonyl (C=O) groups excluding carboxylic acids is 1. The molecule has 0 saturated carbocycles. The first-order chi connectivity index (χ1) is 9.80. The summed E-state index contributed by atoms with van der Waals surface area (Å²) in [6.07, 6.45) is -0.293. The molecule has 1 amide bonds. The highest BCUT2D eigenvalue weighted by atomic mass is 16.7. The predicted octanol–water partition coefficient (Wildman–Crippen LogP) is 1.94. The number of anilines is 1. The third-order valence-electron chi connectivity index (χ3n) is 4.49. The molecule has 0 spiro atoms. The molecule has 3 rings (SSSR count). The third kappa shape index (κ3) is 2.42. The van der Waals surface area contributed by atoms with Gasteiger partial charge in [0.25, 0.3) is 0 Å². The normalized spacial score (nSPS) is 23.5. The van der Waals surface area contributed by atoms with E-state index in [4.69, 9.17) is 14.0 Å². The Morgan fingerprint density at radius 2 is 1.62 bits per heavy atom. The summed E-state index contributed by atoms with van der Waals surface area (Å²) in [6, 6.07) is 7.66. The van der Waals surface area contributed by atoms with Crippen LogP contribution in [0, 0.1) is 0 Å². The lowest BCUT2D eigenvalue weighted by Gasteiger charge is -2.32. The zero-order chi connectivity index (χ0) is 15.3. The van der Waals surface area contributed by atoms with Gasteiger partial charge in [-0.15, -0.1) is 0 Å². The molecule has 0 bridgehead atoms. The average molecular weight is 289 g/mol. The van der Waals surface area contributed by atoms with Gasteiger partial charge in [0.15, 0.2) is 0 Å². The number of amides is 1. The zero-order valence-electron chi connectivity index (χ0n) is 12.9. The van der Waals surface area contributed by atoms with Crippen molar-refractivity contribution in [1.29, 1.82) is 0 Å². The van der Waals surface area contributed by atoms with Gasteiger partial charge in [0, 0.05) is 5.69 Å². The van der Waals surface area contributed by atoms with Crippen molar-refractivity contribution >= 4 is 24.4 Å². The monoisotopic (exact) mass is 289 g/mol. The lowest BCUT2D eigenvalue weighted by Crippen LogP contribution is -2.41. The number of carbonyl (C=O) groups is 1. The van der Waals surface area contributed by atoms with Crippen molar-refractivity contribution in [3.05, 3.63) is 24.3 Å². The average Bonchev–Trinajstić information content (AvgIpc) is 2.92. The number of hydrogen-bond acceptors (Lipinski definition) is 4. The van der Waals surface area contributed by atoms with E-state index < -0.39 is 0 Å². The van der Waals surface area contributed by atoms with Crippen LogP contribution in [0.15, 0.2) is 24.3 Å². The van der Waals surface area contributed by atoms with E-state index in [1.165, 1.54) is 0 Å². The van der Waals surface area contributed by atoms with Crippen LogP contribution < -0.4 is 10.4 Å². The molecule has 2 heterocycles. The second-order valence-electron chi connectivity index (χ2n) is 6.45. The molecule has 0 radical (unpaired) electrons. The van der Waals surface area contributed by atoms with E-state index in [-0.39, 0.29) is 24.4 Å². The fraction of sp³-hybridized carbons (Fsp3) is 0.533. The molecule has 2 fully saturated rings. The molecule has 0 aromatic heterocycles. The first-order valence-electron chi connectivity index (χ1n) is 7.20. The van der Waals surface area contributed by atoms with Crippen LogP contribution in [-0.2, 0) is 14.0 Å².